The van der Waals surface area contributed by atoms with E-state index in [-0.39, 0.29) is 6.10 Å². The number of fused-ring (bicyclic) bond motifs is 2. The van der Waals surface area contributed by atoms with Crippen molar-refractivity contribution < 1.29 is 4.74 Å². The Morgan fingerprint density at radius 3 is 2.89 bits per heavy atom. The summed E-state index contributed by atoms with van der Waals surface area (Å²) in [5, 5.41) is 14.9. The summed E-state index contributed by atoms with van der Waals surface area (Å²) < 4.78 is 8.39. The molecule has 1 aromatic carbocycles. The Morgan fingerprint density at radius 2 is 2.03 bits per heavy atom. The van der Waals surface area contributed by atoms with Crippen molar-refractivity contribution >= 4 is 16.5 Å². The third-order valence-electron chi connectivity index (χ3n) is 6.90. The van der Waals surface area contributed by atoms with Crippen LogP contribution >= 0.6 is 0 Å². The predicted molar refractivity (Wildman–Crippen MR) is 134 cm³/mol. The van der Waals surface area contributed by atoms with Gasteiger partial charge in [0, 0.05) is 36.9 Å². The van der Waals surface area contributed by atoms with E-state index in [4.69, 9.17) is 4.74 Å². The zero-order chi connectivity index (χ0) is 23.8. The van der Waals surface area contributed by atoms with Gasteiger partial charge in [-0.05, 0) is 74.2 Å². The van der Waals surface area contributed by atoms with Gasteiger partial charge in [-0.25, -0.2) is 4.68 Å². The maximum Gasteiger partial charge on any atom is 0.141 e. The van der Waals surface area contributed by atoms with Crippen molar-refractivity contribution in [3.8, 4) is 17.5 Å². The molecule has 4 aromatic rings. The van der Waals surface area contributed by atoms with Gasteiger partial charge in [0.1, 0.15) is 17.9 Å². The van der Waals surface area contributed by atoms with Crippen LogP contribution in [0.2, 0.25) is 0 Å². The highest BCUT2D eigenvalue weighted by Crippen LogP contribution is 2.34. The molecule has 0 spiro atoms. The van der Waals surface area contributed by atoms with E-state index < -0.39 is 0 Å². The SMILES string of the molecule is CN1CC=C(c2cc(-n3ncc4ccc(OC5CCCc6cc(C#N)cnc65)cc43)ccn2)CC1. The molecule has 3 aromatic heterocycles. The van der Waals surface area contributed by atoms with Crippen molar-refractivity contribution in [3.05, 3.63) is 83.6 Å². The number of pyridine rings is 2. The van der Waals surface area contributed by atoms with Gasteiger partial charge in [0.05, 0.1) is 34.4 Å². The van der Waals surface area contributed by atoms with Gasteiger partial charge in [-0.15, -0.1) is 0 Å². The van der Waals surface area contributed by atoms with Gasteiger partial charge in [-0.1, -0.05) is 6.08 Å². The van der Waals surface area contributed by atoms with E-state index in [0.29, 0.717) is 5.56 Å². The zero-order valence-electron chi connectivity index (χ0n) is 19.7. The minimum absolute atomic E-state index is 0.121. The average Bonchev–Trinajstić information content (AvgIpc) is 3.32. The van der Waals surface area contributed by atoms with Crippen LogP contribution in [0.1, 0.15) is 47.9 Å². The average molecular weight is 463 g/mol. The molecule has 35 heavy (non-hydrogen) atoms. The van der Waals surface area contributed by atoms with Crippen LogP contribution in [0.4, 0.5) is 0 Å². The number of hydrogen-bond acceptors (Lipinski definition) is 6. The molecule has 1 unspecified atom stereocenters. The van der Waals surface area contributed by atoms with Crippen LogP contribution in [-0.2, 0) is 6.42 Å². The molecule has 6 rings (SSSR count). The fourth-order valence-electron chi connectivity index (χ4n) is 4.97. The van der Waals surface area contributed by atoms with E-state index in [2.05, 4.69) is 51.3 Å². The quantitative estimate of drug-likeness (QED) is 0.431. The summed E-state index contributed by atoms with van der Waals surface area (Å²) in [7, 11) is 2.14. The third-order valence-corrected chi connectivity index (χ3v) is 6.90. The zero-order valence-corrected chi connectivity index (χ0v) is 19.7. The highest BCUT2D eigenvalue weighted by Gasteiger charge is 2.24. The van der Waals surface area contributed by atoms with Gasteiger partial charge in [0.2, 0.25) is 0 Å². The van der Waals surface area contributed by atoms with Crippen molar-refractivity contribution in [2.24, 2.45) is 0 Å². The summed E-state index contributed by atoms with van der Waals surface area (Å²) in [6.07, 6.45) is 11.4. The number of rotatable bonds is 4. The summed E-state index contributed by atoms with van der Waals surface area (Å²) in [5.41, 5.74) is 6.91. The van der Waals surface area contributed by atoms with Crippen molar-refractivity contribution in [1.82, 2.24) is 24.6 Å². The lowest BCUT2D eigenvalue weighted by atomic mass is 9.93. The fraction of sp³-hybridized carbons (Fsp3) is 0.286. The number of hydrogen-bond donors (Lipinski definition) is 0. The lowest BCUT2D eigenvalue weighted by Gasteiger charge is -2.25. The second kappa shape index (κ2) is 8.97. The van der Waals surface area contributed by atoms with E-state index in [9.17, 15) is 5.26 Å². The number of ether oxygens (including phenoxy) is 1. The second-order valence-electron chi connectivity index (χ2n) is 9.30. The fourth-order valence-corrected chi connectivity index (χ4v) is 4.97. The van der Waals surface area contributed by atoms with Gasteiger partial charge >= 0.3 is 0 Å². The smallest absolute Gasteiger partial charge is 0.141 e. The largest absolute Gasteiger partial charge is 0.484 e. The number of aromatic nitrogens is 4. The van der Waals surface area contributed by atoms with Gasteiger partial charge in [-0.3, -0.25) is 9.97 Å². The van der Waals surface area contributed by atoms with Crippen molar-refractivity contribution in [2.45, 2.75) is 31.8 Å². The lowest BCUT2D eigenvalue weighted by molar-refractivity contribution is 0.178. The Balaban J connectivity index is 1.31. The summed E-state index contributed by atoms with van der Waals surface area (Å²) in [6.45, 7) is 1.99. The lowest BCUT2D eigenvalue weighted by Crippen LogP contribution is -2.23. The van der Waals surface area contributed by atoms with Crippen molar-refractivity contribution in [3.63, 3.8) is 0 Å². The minimum Gasteiger partial charge on any atom is -0.484 e. The summed E-state index contributed by atoms with van der Waals surface area (Å²) >= 11 is 0. The minimum atomic E-state index is -0.121. The molecule has 1 aliphatic heterocycles. The molecule has 0 saturated carbocycles. The Hall–Kier alpha value is -4.02. The van der Waals surface area contributed by atoms with Crippen LogP contribution < -0.4 is 4.74 Å². The number of likely N-dealkylation sites (N-methyl/N-ethyl adjacent to an activating group) is 1. The second-order valence-corrected chi connectivity index (χ2v) is 9.30. The molecule has 7 nitrogen and oxygen atoms in total. The molecule has 0 saturated heterocycles. The van der Waals surface area contributed by atoms with E-state index in [0.717, 1.165) is 78.1 Å². The van der Waals surface area contributed by atoms with Gasteiger partial charge in [0.15, 0.2) is 0 Å². The normalized spacial score (nSPS) is 18.1. The Labute approximate surface area is 204 Å². The summed E-state index contributed by atoms with van der Waals surface area (Å²) in [4.78, 5) is 11.5. The highest BCUT2D eigenvalue weighted by molar-refractivity contribution is 5.82. The van der Waals surface area contributed by atoms with E-state index in [1.165, 1.54) is 5.57 Å². The predicted octanol–water partition coefficient (Wildman–Crippen LogP) is 4.86. The molecule has 0 amide bonds. The molecule has 1 aliphatic carbocycles. The van der Waals surface area contributed by atoms with E-state index in [1.807, 2.05) is 41.3 Å². The monoisotopic (exact) mass is 462 g/mol. The van der Waals surface area contributed by atoms with Gasteiger partial charge in [-0.2, -0.15) is 10.4 Å². The van der Waals surface area contributed by atoms with Crippen molar-refractivity contribution in [1.29, 1.82) is 5.26 Å². The van der Waals surface area contributed by atoms with Crippen LogP contribution in [0.3, 0.4) is 0 Å². The molecule has 0 bridgehead atoms. The van der Waals surface area contributed by atoms with E-state index >= 15 is 0 Å². The topological polar surface area (TPSA) is 79.9 Å². The third kappa shape index (κ3) is 4.17. The molecule has 0 fully saturated rings. The van der Waals surface area contributed by atoms with Crippen LogP contribution in [0.5, 0.6) is 5.75 Å². The standard InChI is InChI=1S/C28H26N6O/c1-33-11-8-20(9-12-33)25-14-23(7-10-30-25)34-26-15-24(6-5-22(26)18-32-34)35-27-4-2-3-21-13-19(16-29)17-31-28(21)27/h5-8,10,13-15,17-18,27H,2-4,9,11-12H2,1H3. The first-order valence-electron chi connectivity index (χ1n) is 12.1. The molecular weight excluding hydrogens is 436 g/mol. The maximum atomic E-state index is 9.20. The van der Waals surface area contributed by atoms with Gasteiger partial charge < -0.3 is 9.64 Å². The number of benzene rings is 1. The van der Waals surface area contributed by atoms with Crippen LogP contribution in [0.25, 0.3) is 22.2 Å². The van der Waals surface area contributed by atoms with Crippen LogP contribution in [0, 0.1) is 11.3 Å². The maximum absolute atomic E-state index is 9.20. The van der Waals surface area contributed by atoms with Gasteiger partial charge in [0.25, 0.3) is 0 Å². The Bertz CT molecular complexity index is 1480. The molecule has 0 N–H and O–H groups in total. The molecule has 1 atom stereocenters. The molecular formula is C28H26N6O. The number of aryl methyl sites for hydroxylation is 1. The summed E-state index contributed by atoms with van der Waals surface area (Å²) in [5.74, 6) is 0.788. The van der Waals surface area contributed by atoms with Crippen LogP contribution in [0.15, 0.2) is 61.1 Å². The molecule has 0 radical (unpaired) electrons. The number of nitrogens with zero attached hydrogens (tertiary/aromatic N) is 6. The Kier molecular flexibility index (Phi) is 5.51. The Morgan fingerprint density at radius 1 is 1.09 bits per heavy atom. The summed E-state index contributed by atoms with van der Waals surface area (Å²) in [6, 6.07) is 14.3. The number of nitriles is 1. The molecule has 7 heteroatoms. The molecule has 174 valence electrons. The van der Waals surface area contributed by atoms with E-state index in [1.54, 1.807) is 6.20 Å². The first-order chi connectivity index (χ1) is 17.2. The molecule has 4 heterocycles. The first-order valence-corrected chi connectivity index (χ1v) is 12.1. The highest BCUT2D eigenvalue weighted by atomic mass is 16.5. The van der Waals surface area contributed by atoms with Crippen LogP contribution in [-0.4, -0.2) is 44.8 Å². The van der Waals surface area contributed by atoms with Crippen molar-refractivity contribution in [2.75, 3.05) is 20.1 Å². The molecule has 2 aliphatic rings. The first kappa shape index (κ1) is 21.5.